The van der Waals surface area contributed by atoms with E-state index >= 15 is 0 Å². The number of ether oxygens (including phenoxy) is 1. The number of fused-ring (bicyclic) bond motifs is 1. The minimum atomic E-state index is -0.487. The first kappa shape index (κ1) is 12.2. The van der Waals surface area contributed by atoms with Crippen LogP contribution >= 0.6 is 0 Å². The van der Waals surface area contributed by atoms with E-state index in [0.717, 1.165) is 42.2 Å². The first-order chi connectivity index (χ1) is 9.28. The molecule has 0 aliphatic carbocycles. The summed E-state index contributed by atoms with van der Waals surface area (Å²) in [5.74, 6) is 2.53. The van der Waals surface area contributed by atoms with E-state index in [1.165, 1.54) is 0 Å². The van der Waals surface area contributed by atoms with Gasteiger partial charge >= 0.3 is 0 Å². The average molecular weight is 259 g/mol. The van der Waals surface area contributed by atoms with Gasteiger partial charge in [0.25, 0.3) is 0 Å². The summed E-state index contributed by atoms with van der Waals surface area (Å²) in [7, 11) is 1.65. The molecule has 0 amide bonds. The van der Waals surface area contributed by atoms with Crippen molar-refractivity contribution in [1.82, 2.24) is 14.8 Å². The maximum Gasteiger partial charge on any atom is 0.139 e. The molecule has 3 rings (SSSR count). The third kappa shape index (κ3) is 2.33. The Morgan fingerprint density at radius 2 is 2.32 bits per heavy atom. The highest BCUT2D eigenvalue weighted by Crippen LogP contribution is 2.24. The minimum absolute atomic E-state index is 0.487. The molecular weight excluding hydrogens is 242 g/mol. The number of aliphatic hydroxyl groups excluding tert-OH is 1. The number of aryl methyl sites for hydroxylation is 1. The molecule has 1 aromatic carbocycles. The van der Waals surface area contributed by atoms with E-state index < -0.39 is 6.23 Å². The van der Waals surface area contributed by atoms with Crippen molar-refractivity contribution >= 4 is 0 Å². The summed E-state index contributed by atoms with van der Waals surface area (Å²) in [5.41, 5.74) is 1.10. The molecule has 1 N–H and O–H groups in total. The highest BCUT2D eigenvalue weighted by Gasteiger charge is 2.22. The Kier molecular flexibility index (Phi) is 3.21. The van der Waals surface area contributed by atoms with Crippen LogP contribution in [0.5, 0.6) is 5.75 Å². The summed E-state index contributed by atoms with van der Waals surface area (Å²) in [6.07, 6.45) is 2.80. The standard InChI is InChI=1S/C14H17N3O2/c1-19-11-5-2-4-10(8-11)9-13-16-15-12-6-3-7-14(18)17(12)13/h2,4-5,8,14,18H,3,6-7,9H2,1H3. The number of nitrogens with zero attached hydrogens (tertiary/aromatic N) is 3. The van der Waals surface area contributed by atoms with Gasteiger partial charge in [0.05, 0.1) is 7.11 Å². The fourth-order valence-electron chi connectivity index (χ4n) is 2.53. The highest BCUT2D eigenvalue weighted by molar-refractivity contribution is 5.30. The van der Waals surface area contributed by atoms with Crippen molar-refractivity contribution in [2.24, 2.45) is 0 Å². The summed E-state index contributed by atoms with van der Waals surface area (Å²) in [6, 6.07) is 7.88. The molecule has 0 saturated carbocycles. The van der Waals surface area contributed by atoms with Crippen LogP contribution in [-0.2, 0) is 12.8 Å². The first-order valence-electron chi connectivity index (χ1n) is 6.51. The fourth-order valence-corrected chi connectivity index (χ4v) is 2.53. The number of methoxy groups -OCH3 is 1. The van der Waals surface area contributed by atoms with Gasteiger partial charge in [0.1, 0.15) is 23.6 Å². The molecule has 5 nitrogen and oxygen atoms in total. The molecule has 2 heterocycles. The van der Waals surface area contributed by atoms with Gasteiger partial charge in [-0.3, -0.25) is 4.57 Å². The Hall–Kier alpha value is -1.88. The smallest absolute Gasteiger partial charge is 0.139 e. The van der Waals surface area contributed by atoms with Crippen LogP contribution in [0.15, 0.2) is 24.3 Å². The van der Waals surface area contributed by atoms with Crippen LogP contribution in [0.4, 0.5) is 0 Å². The van der Waals surface area contributed by atoms with Crippen LogP contribution in [0.2, 0.25) is 0 Å². The molecule has 0 fully saturated rings. The zero-order chi connectivity index (χ0) is 13.2. The van der Waals surface area contributed by atoms with Gasteiger partial charge in [-0.15, -0.1) is 10.2 Å². The molecule has 1 aliphatic rings. The van der Waals surface area contributed by atoms with Crippen molar-refractivity contribution in [1.29, 1.82) is 0 Å². The van der Waals surface area contributed by atoms with Crippen molar-refractivity contribution in [3.05, 3.63) is 41.5 Å². The van der Waals surface area contributed by atoms with Gasteiger partial charge in [-0.05, 0) is 30.5 Å². The fraction of sp³-hybridized carbons (Fsp3) is 0.429. The van der Waals surface area contributed by atoms with Crippen molar-refractivity contribution in [3.8, 4) is 5.75 Å². The predicted molar refractivity (Wildman–Crippen MR) is 70.0 cm³/mol. The molecule has 5 heteroatoms. The SMILES string of the molecule is COc1cccc(Cc2nnc3n2C(O)CCC3)c1. The Balaban J connectivity index is 1.89. The molecule has 1 atom stereocenters. The number of aromatic nitrogens is 3. The lowest BCUT2D eigenvalue weighted by Crippen LogP contribution is -2.19. The largest absolute Gasteiger partial charge is 0.497 e. The Bertz CT molecular complexity index is 580. The molecule has 100 valence electrons. The van der Waals surface area contributed by atoms with E-state index in [1.54, 1.807) is 7.11 Å². The molecule has 0 radical (unpaired) electrons. The van der Waals surface area contributed by atoms with Gasteiger partial charge in [0.15, 0.2) is 0 Å². The van der Waals surface area contributed by atoms with Crippen LogP contribution in [0.1, 0.15) is 36.3 Å². The average Bonchev–Trinajstić information content (AvgIpc) is 2.84. The van der Waals surface area contributed by atoms with Crippen molar-refractivity contribution in [2.75, 3.05) is 7.11 Å². The van der Waals surface area contributed by atoms with Gasteiger partial charge in [0.2, 0.25) is 0 Å². The predicted octanol–water partition coefficient (Wildman–Crippen LogP) is 1.70. The summed E-state index contributed by atoms with van der Waals surface area (Å²) in [5, 5.41) is 18.4. The van der Waals surface area contributed by atoms with E-state index in [2.05, 4.69) is 10.2 Å². The number of rotatable bonds is 3. The van der Waals surface area contributed by atoms with Crippen molar-refractivity contribution < 1.29 is 9.84 Å². The van der Waals surface area contributed by atoms with Gasteiger partial charge in [0, 0.05) is 12.8 Å². The summed E-state index contributed by atoms with van der Waals surface area (Å²) < 4.78 is 7.08. The van der Waals surface area contributed by atoms with Crippen LogP contribution in [0.25, 0.3) is 0 Å². The third-order valence-electron chi connectivity index (χ3n) is 3.49. The Morgan fingerprint density at radius 3 is 3.16 bits per heavy atom. The second-order valence-corrected chi connectivity index (χ2v) is 4.80. The molecule has 19 heavy (non-hydrogen) atoms. The third-order valence-corrected chi connectivity index (χ3v) is 3.49. The zero-order valence-corrected chi connectivity index (χ0v) is 10.9. The maximum absolute atomic E-state index is 10.1. The normalized spacial score (nSPS) is 18.1. The number of hydrogen-bond donors (Lipinski definition) is 1. The van der Waals surface area contributed by atoms with E-state index in [0.29, 0.717) is 6.42 Å². The topological polar surface area (TPSA) is 60.2 Å². The van der Waals surface area contributed by atoms with Crippen molar-refractivity contribution in [3.63, 3.8) is 0 Å². The van der Waals surface area contributed by atoms with Crippen LogP contribution in [0, 0.1) is 0 Å². The molecule has 1 unspecified atom stereocenters. The van der Waals surface area contributed by atoms with Crippen LogP contribution < -0.4 is 4.74 Å². The van der Waals surface area contributed by atoms with E-state index in [1.807, 2.05) is 28.8 Å². The number of hydrogen-bond acceptors (Lipinski definition) is 4. The van der Waals surface area contributed by atoms with Gasteiger partial charge in [-0.1, -0.05) is 12.1 Å². The minimum Gasteiger partial charge on any atom is -0.497 e. The van der Waals surface area contributed by atoms with E-state index in [9.17, 15) is 5.11 Å². The maximum atomic E-state index is 10.1. The van der Waals surface area contributed by atoms with Gasteiger partial charge in [-0.2, -0.15) is 0 Å². The van der Waals surface area contributed by atoms with E-state index in [4.69, 9.17) is 4.74 Å². The molecule has 2 aromatic rings. The Labute approximate surface area is 111 Å². The van der Waals surface area contributed by atoms with Crippen LogP contribution in [-0.4, -0.2) is 27.0 Å². The van der Waals surface area contributed by atoms with Crippen LogP contribution in [0.3, 0.4) is 0 Å². The lowest BCUT2D eigenvalue weighted by molar-refractivity contribution is 0.0753. The van der Waals surface area contributed by atoms with Gasteiger partial charge < -0.3 is 9.84 Å². The second-order valence-electron chi connectivity index (χ2n) is 4.80. The number of aliphatic hydroxyl groups is 1. The summed E-state index contributed by atoms with van der Waals surface area (Å²) in [4.78, 5) is 0. The second kappa shape index (κ2) is 5.01. The first-order valence-corrected chi connectivity index (χ1v) is 6.51. The molecule has 1 aromatic heterocycles. The Morgan fingerprint density at radius 1 is 1.42 bits per heavy atom. The quantitative estimate of drug-likeness (QED) is 0.911. The highest BCUT2D eigenvalue weighted by atomic mass is 16.5. The lowest BCUT2D eigenvalue weighted by atomic mass is 10.1. The number of benzene rings is 1. The zero-order valence-electron chi connectivity index (χ0n) is 10.9. The van der Waals surface area contributed by atoms with Crippen molar-refractivity contribution in [2.45, 2.75) is 31.9 Å². The lowest BCUT2D eigenvalue weighted by Gasteiger charge is -2.21. The van der Waals surface area contributed by atoms with E-state index in [-0.39, 0.29) is 0 Å². The molecule has 0 spiro atoms. The summed E-state index contributed by atoms with van der Waals surface area (Å²) >= 11 is 0. The molecule has 0 bridgehead atoms. The van der Waals surface area contributed by atoms with Gasteiger partial charge in [-0.25, -0.2) is 0 Å². The molecule has 0 saturated heterocycles. The summed E-state index contributed by atoms with van der Waals surface area (Å²) in [6.45, 7) is 0. The monoisotopic (exact) mass is 259 g/mol. The molecular formula is C14H17N3O2. The molecule has 1 aliphatic heterocycles.